The number of sulfonamides is 1. The van der Waals surface area contributed by atoms with E-state index in [4.69, 9.17) is 9.90 Å². The number of pyridine rings is 1. The van der Waals surface area contributed by atoms with E-state index in [0.29, 0.717) is 29.2 Å². The number of anilines is 2. The van der Waals surface area contributed by atoms with Crippen molar-refractivity contribution in [3.8, 4) is 0 Å². The van der Waals surface area contributed by atoms with Crippen molar-refractivity contribution in [2.24, 2.45) is 0 Å². The number of aromatic nitrogens is 1. The highest BCUT2D eigenvalue weighted by Crippen LogP contribution is 2.28. The third kappa shape index (κ3) is 7.84. The average Bonchev–Trinajstić information content (AvgIpc) is 2.90. The van der Waals surface area contributed by atoms with Crippen molar-refractivity contribution in [3.05, 3.63) is 47.2 Å². The van der Waals surface area contributed by atoms with Crippen LogP contribution in [0.1, 0.15) is 47.7 Å². The molecule has 1 aromatic carbocycles. The van der Waals surface area contributed by atoms with Gasteiger partial charge in [-0.25, -0.2) is 18.2 Å². The number of carbonyl (C=O) groups is 2. The molecule has 14 heteroatoms. The van der Waals surface area contributed by atoms with Gasteiger partial charge in [0.2, 0.25) is 0 Å². The number of amides is 1. The molecule has 3 N–H and O–H groups in total. The number of alkyl halides is 3. The molecule has 4 rings (SSSR count). The zero-order valence-electron chi connectivity index (χ0n) is 22.6. The summed E-state index contributed by atoms with van der Waals surface area (Å²) < 4.78 is 60.7. The van der Waals surface area contributed by atoms with Crippen LogP contribution < -0.4 is 14.9 Å². The van der Waals surface area contributed by atoms with Crippen LogP contribution in [0.15, 0.2) is 35.4 Å². The van der Waals surface area contributed by atoms with Crippen LogP contribution in [0.4, 0.5) is 24.7 Å². The molecular weight excluding hydrogens is 551 g/mol. The molecule has 40 heavy (non-hydrogen) atoms. The Hall–Kier alpha value is -3.39. The fourth-order valence-electron chi connectivity index (χ4n) is 4.56. The molecule has 2 aromatic rings. The Morgan fingerprint density at radius 2 is 1.75 bits per heavy atom. The van der Waals surface area contributed by atoms with Gasteiger partial charge in [-0.15, -0.1) is 0 Å². The van der Waals surface area contributed by atoms with Gasteiger partial charge in [-0.3, -0.25) is 9.52 Å². The third-order valence-electron chi connectivity index (χ3n) is 6.71. The molecule has 2 aliphatic rings. The lowest BCUT2D eigenvalue weighted by Crippen LogP contribution is -2.46. The summed E-state index contributed by atoms with van der Waals surface area (Å²) in [6, 6.07) is 7.13. The van der Waals surface area contributed by atoms with Crippen LogP contribution in [0.25, 0.3) is 0 Å². The van der Waals surface area contributed by atoms with Gasteiger partial charge in [-0.1, -0.05) is 12.1 Å². The summed E-state index contributed by atoms with van der Waals surface area (Å²) in [5.41, 5.74) is 2.27. The molecule has 2 saturated heterocycles. The van der Waals surface area contributed by atoms with Crippen LogP contribution in [0.3, 0.4) is 0 Å². The number of nitrogens with one attached hydrogen (secondary N) is 2. The zero-order valence-corrected chi connectivity index (χ0v) is 23.4. The van der Waals surface area contributed by atoms with Crippen LogP contribution in [0.2, 0.25) is 0 Å². The molecule has 0 radical (unpaired) electrons. The van der Waals surface area contributed by atoms with Crippen molar-refractivity contribution in [3.63, 3.8) is 0 Å². The van der Waals surface area contributed by atoms with Crippen LogP contribution in [0, 0.1) is 13.8 Å². The van der Waals surface area contributed by atoms with Crippen molar-refractivity contribution in [1.82, 2.24) is 15.2 Å². The first-order chi connectivity index (χ1) is 18.7. The van der Waals surface area contributed by atoms with Crippen molar-refractivity contribution in [2.75, 3.05) is 42.3 Å². The van der Waals surface area contributed by atoms with Crippen molar-refractivity contribution < 1.29 is 36.3 Å². The molecule has 1 unspecified atom stereocenters. The van der Waals surface area contributed by atoms with Crippen molar-refractivity contribution in [2.45, 2.75) is 57.1 Å². The normalized spacial score (nSPS) is 18.0. The van der Waals surface area contributed by atoms with E-state index in [1.54, 1.807) is 25.1 Å². The molecule has 1 aromatic heterocycles. The van der Waals surface area contributed by atoms with E-state index in [0.717, 1.165) is 51.0 Å². The molecule has 0 saturated carbocycles. The summed E-state index contributed by atoms with van der Waals surface area (Å²) in [5.74, 6) is -2.22. The van der Waals surface area contributed by atoms with E-state index < -0.39 is 22.2 Å². The second-order valence-electron chi connectivity index (χ2n) is 9.85. The number of carbonyl (C=O) groups excluding carboxylic acids is 1. The number of nitrogens with zero attached hydrogens (tertiary/aromatic N) is 3. The number of carboxylic acids is 1. The minimum atomic E-state index is -5.08. The lowest BCUT2D eigenvalue weighted by molar-refractivity contribution is -0.192. The Labute approximate surface area is 231 Å². The van der Waals surface area contributed by atoms with Crippen molar-refractivity contribution >= 4 is 33.4 Å². The number of hydrogen-bond donors (Lipinski definition) is 3. The quantitative estimate of drug-likeness (QED) is 0.486. The van der Waals surface area contributed by atoms with E-state index in [2.05, 4.69) is 26.8 Å². The molecule has 3 heterocycles. The number of piperidine rings is 1. The minimum Gasteiger partial charge on any atom is -0.475 e. The van der Waals surface area contributed by atoms with Gasteiger partial charge in [0, 0.05) is 38.8 Å². The van der Waals surface area contributed by atoms with E-state index in [1.165, 1.54) is 6.20 Å². The highest BCUT2D eigenvalue weighted by atomic mass is 32.2. The lowest BCUT2D eigenvalue weighted by atomic mass is 10.0. The van der Waals surface area contributed by atoms with E-state index in [1.807, 2.05) is 17.9 Å². The first-order valence-electron chi connectivity index (χ1n) is 12.9. The SMILES string of the molecule is Cc1ccc(C)c(S(=O)(=O)Nc2cnc(N3CCNCC3)c(C(=O)N3CCCCC3C)c2)c1.O=C(O)C(F)(F)F. The van der Waals surface area contributed by atoms with Gasteiger partial charge in [0.1, 0.15) is 5.82 Å². The molecule has 1 amide bonds. The molecule has 0 spiro atoms. The summed E-state index contributed by atoms with van der Waals surface area (Å²) in [5, 5.41) is 10.4. The maximum Gasteiger partial charge on any atom is 0.490 e. The number of aliphatic carboxylic acids is 1. The van der Waals surface area contributed by atoms with Crippen LogP contribution in [0.5, 0.6) is 0 Å². The van der Waals surface area contributed by atoms with Gasteiger partial charge >= 0.3 is 12.1 Å². The van der Waals surface area contributed by atoms with Gasteiger partial charge in [-0.05, 0) is 63.3 Å². The third-order valence-corrected chi connectivity index (χ3v) is 8.23. The minimum absolute atomic E-state index is 0.0870. The van der Waals surface area contributed by atoms with Gasteiger partial charge in [-0.2, -0.15) is 13.2 Å². The molecule has 0 aliphatic carbocycles. The number of halogens is 3. The number of rotatable bonds is 5. The first kappa shape index (κ1) is 31.1. The Bertz CT molecular complexity index is 1330. The fraction of sp³-hybridized carbons (Fsp3) is 0.500. The molecular formula is C26H34F3N5O5S. The van der Waals surface area contributed by atoms with Gasteiger partial charge < -0.3 is 20.2 Å². The fourth-order valence-corrected chi connectivity index (χ4v) is 5.93. The van der Waals surface area contributed by atoms with Gasteiger partial charge in [0.15, 0.2) is 0 Å². The maximum atomic E-state index is 13.6. The predicted molar refractivity (Wildman–Crippen MR) is 144 cm³/mol. The molecule has 2 fully saturated rings. The second kappa shape index (κ2) is 12.9. The average molecular weight is 586 g/mol. The van der Waals surface area contributed by atoms with Gasteiger partial charge in [0.05, 0.1) is 22.3 Å². The van der Waals surface area contributed by atoms with Crippen LogP contribution >= 0.6 is 0 Å². The number of hydrogen-bond acceptors (Lipinski definition) is 7. The Morgan fingerprint density at radius 3 is 2.35 bits per heavy atom. The number of carboxylic acid groups (broad SMARTS) is 1. The highest BCUT2D eigenvalue weighted by Gasteiger charge is 2.38. The molecule has 10 nitrogen and oxygen atoms in total. The number of benzene rings is 1. The van der Waals surface area contributed by atoms with E-state index >= 15 is 0 Å². The highest BCUT2D eigenvalue weighted by molar-refractivity contribution is 7.92. The van der Waals surface area contributed by atoms with Gasteiger partial charge in [0.25, 0.3) is 15.9 Å². The number of aryl methyl sites for hydroxylation is 2. The van der Waals surface area contributed by atoms with Crippen LogP contribution in [-0.4, -0.2) is 80.2 Å². The second-order valence-corrected chi connectivity index (χ2v) is 11.5. The first-order valence-corrected chi connectivity index (χ1v) is 14.4. The lowest BCUT2D eigenvalue weighted by Gasteiger charge is -2.35. The summed E-state index contributed by atoms with van der Waals surface area (Å²) in [7, 11) is -3.82. The van der Waals surface area contributed by atoms with E-state index in [-0.39, 0.29) is 16.8 Å². The summed E-state index contributed by atoms with van der Waals surface area (Å²) in [6.07, 6.45) is -0.507. The Balaban J connectivity index is 0.000000559. The summed E-state index contributed by atoms with van der Waals surface area (Å²) >= 11 is 0. The zero-order chi connectivity index (χ0) is 29.7. The van der Waals surface area contributed by atoms with Crippen LogP contribution in [-0.2, 0) is 14.8 Å². The molecule has 220 valence electrons. The molecule has 0 bridgehead atoms. The number of piperazine rings is 1. The maximum absolute atomic E-state index is 13.6. The smallest absolute Gasteiger partial charge is 0.475 e. The number of likely N-dealkylation sites (tertiary alicyclic amines) is 1. The topological polar surface area (TPSA) is 132 Å². The molecule has 2 aliphatic heterocycles. The summed E-state index contributed by atoms with van der Waals surface area (Å²) in [4.78, 5) is 31.3. The standard InChI is InChI=1S/C24H33N5O3S.C2HF3O2/c1-17-7-8-18(2)22(14-17)33(31,32)27-20-15-21(24(30)29-11-5-4-6-19(29)3)23(26-16-20)28-12-9-25-10-13-28;3-2(4,5)1(6)7/h7-8,14-16,19,25,27H,4-6,9-13H2,1-3H3;(H,6,7). The Kier molecular flexibility index (Phi) is 10.0. The monoisotopic (exact) mass is 585 g/mol. The summed E-state index contributed by atoms with van der Waals surface area (Å²) in [6.45, 7) is 9.53. The van der Waals surface area contributed by atoms with E-state index in [9.17, 15) is 26.4 Å². The van der Waals surface area contributed by atoms with Crippen molar-refractivity contribution in [1.29, 1.82) is 0 Å². The Morgan fingerprint density at radius 1 is 1.10 bits per heavy atom. The predicted octanol–water partition coefficient (Wildman–Crippen LogP) is 3.56. The largest absolute Gasteiger partial charge is 0.490 e. The molecule has 1 atom stereocenters.